The van der Waals surface area contributed by atoms with Crippen LogP contribution in [-0.4, -0.2) is 29.1 Å². The minimum Gasteiger partial charge on any atom is -0.454 e. The van der Waals surface area contributed by atoms with Crippen molar-refractivity contribution < 1.29 is 19.4 Å². The van der Waals surface area contributed by atoms with E-state index in [1.54, 1.807) is 6.92 Å². The molecule has 2 saturated carbocycles. The molecule has 128 valence electrons. The normalized spacial score (nSPS) is 49.3. The van der Waals surface area contributed by atoms with Crippen molar-refractivity contribution in [2.75, 3.05) is 0 Å². The molecule has 0 radical (unpaired) electrons. The van der Waals surface area contributed by atoms with Gasteiger partial charge in [0, 0.05) is 17.6 Å². The first-order valence-corrected chi connectivity index (χ1v) is 9.15. The van der Waals surface area contributed by atoms with Crippen molar-refractivity contribution >= 4 is 11.8 Å². The lowest BCUT2D eigenvalue weighted by Gasteiger charge is -2.53. The summed E-state index contributed by atoms with van der Waals surface area (Å²) < 4.78 is 5.47. The molecule has 5 rings (SSSR count). The van der Waals surface area contributed by atoms with Crippen molar-refractivity contribution in [2.24, 2.45) is 22.7 Å². The topological polar surface area (TPSA) is 63.6 Å². The Labute approximate surface area is 141 Å². The highest BCUT2D eigenvalue weighted by atomic mass is 16.5. The van der Waals surface area contributed by atoms with Crippen molar-refractivity contribution in [3.63, 3.8) is 0 Å². The molecule has 1 aliphatic heterocycles. The summed E-state index contributed by atoms with van der Waals surface area (Å²) in [6.45, 7) is 6.30. The zero-order valence-corrected chi connectivity index (χ0v) is 14.5. The monoisotopic (exact) mass is 328 g/mol. The summed E-state index contributed by atoms with van der Waals surface area (Å²) in [5, 5.41) is 10.8. The minimum absolute atomic E-state index is 0.0413. The van der Waals surface area contributed by atoms with E-state index < -0.39 is 12.2 Å². The molecule has 0 bridgehead atoms. The third-order valence-corrected chi connectivity index (χ3v) is 8.00. The Balaban J connectivity index is 1.66. The second-order valence-corrected chi connectivity index (χ2v) is 9.03. The van der Waals surface area contributed by atoms with Crippen molar-refractivity contribution in [1.29, 1.82) is 0 Å². The van der Waals surface area contributed by atoms with E-state index in [0.29, 0.717) is 40.9 Å². The standard InChI is InChI=1S/C20H24O4/c1-9-15-13(24-18(9)23)6-11-16(17(15)22)12(21)7-14-19(11,2)5-4-10-8-20(10,14)3/h10,12-14,21H,4-8H2,1-3H3/t10-,12+,13-,14+,19+,20+/m1/s1. The van der Waals surface area contributed by atoms with Crippen LogP contribution in [0.4, 0.5) is 0 Å². The Morgan fingerprint density at radius 1 is 1.21 bits per heavy atom. The number of fused-ring (bicyclic) bond motifs is 5. The first-order chi connectivity index (χ1) is 11.3. The number of aliphatic hydroxyl groups is 1. The van der Waals surface area contributed by atoms with Gasteiger partial charge in [0.15, 0.2) is 5.78 Å². The largest absolute Gasteiger partial charge is 0.454 e. The van der Waals surface area contributed by atoms with E-state index in [0.717, 1.165) is 17.9 Å². The van der Waals surface area contributed by atoms with Gasteiger partial charge in [0.25, 0.3) is 0 Å². The molecule has 0 aromatic heterocycles. The van der Waals surface area contributed by atoms with Crippen LogP contribution in [-0.2, 0) is 14.3 Å². The molecule has 1 heterocycles. The van der Waals surface area contributed by atoms with E-state index in [1.807, 2.05) is 0 Å². The van der Waals surface area contributed by atoms with Crippen LogP contribution in [0.25, 0.3) is 0 Å². The van der Waals surface area contributed by atoms with Gasteiger partial charge in [0.2, 0.25) is 0 Å². The van der Waals surface area contributed by atoms with Crippen LogP contribution in [0.2, 0.25) is 0 Å². The molecule has 4 nitrogen and oxygen atoms in total. The van der Waals surface area contributed by atoms with Crippen molar-refractivity contribution in [3.05, 3.63) is 22.3 Å². The molecule has 1 N–H and O–H groups in total. The highest BCUT2D eigenvalue weighted by molar-refractivity contribution is 6.16. The molecule has 6 atom stereocenters. The predicted molar refractivity (Wildman–Crippen MR) is 86.9 cm³/mol. The Morgan fingerprint density at radius 2 is 1.96 bits per heavy atom. The van der Waals surface area contributed by atoms with Gasteiger partial charge in [0.1, 0.15) is 6.10 Å². The zero-order chi connectivity index (χ0) is 17.0. The van der Waals surface area contributed by atoms with Crippen LogP contribution in [0.1, 0.15) is 52.9 Å². The van der Waals surface area contributed by atoms with E-state index in [1.165, 1.54) is 12.8 Å². The molecule has 2 fully saturated rings. The molecule has 0 spiro atoms. The first kappa shape index (κ1) is 14.9. The molecule has 4 aliphatic carbocycles. The van der Waals surface area contributed by atoms with Crippen molar-refractivity contribution in [3.8, 4) is 0 Å². The lowest BCUT2D eigenvalue weighted by Crippen LogP contribution is -2.49. The van der Waals surface area contributed by atoms with Crippen LogP contribution in [0.5, 0.6) is 0 Å². The fourth-order valence-electron chi connectivity index (χ4n) is 6.50. The Morgan fingerprint density at radius 3 is 2.71 bits per heavy atom. The minimum atomic E-state index is -0.696. The third kappa shape index (κ3) is 1.54. The number of hydrogen-bond donors (Lipinski definition) is 1. The number of aliphatic hydroxyl groups excluding tert-OH is 1. The van der Waals surface area contributed by atoms with E-state index in [4.69, 9.17) is 4.74 Å². The summed E-state index contributed by atoms with van der Waals surface area (Å²) in [7, 11) is 0. The van der Waals surface area contributed by atoms with Gasteiger partial charge < -0.3 is 9.84 Å². The van der Waals surface area contributed by atoms with Crippen LogP contribution in [0, 0.1) is 22.7 Å². The number of hydrogen-bond acceptors (Lipinski definition) is 4. The Bertz CT molecular complexity index is 760. The van der Waals surface area contributed by atoms with Gasteiger partial charge in [-0.25, -0.2) is 4.79 Å². The fraction of sp³-hybridized carbons (Fsp3) is 0.700. The summed E-state index contributed by atoms with van der Waals surface area (Å²) >= 11 is 0. The second kappa shape index (κ2) is 4.21. The quantitative estimate of drug-likeness (QED) is 0.695. The number of carbonyl (C=O) groups is 2. The van der Waals surface area contributed by atoms with Gasteiger partial charge in [-0.3, -0.25) is 4.79 Å². The summed E-state index contributed by atoms with van der Waals surface area (Å²) in [5.74, 6) is 0.692. The molecule has 24 heavy (non-hydrogen) atoms. The lowest BCUT2D eigenvalue weighted by atomic mass is 9.51. The van der Waals surface area contributed by atoms with Gasteiger partial charge in [-0.2, -0.15) is 0 Å². The fourth-order valence-corrected chi connectivity index (χ4v) is 6.50. The number of ether oxygens (including phenoxy) is 1. The molecular weight excluding hydrogens is 304 g/mol. The van der Waals surface area contributed by atoms with Gasteiger partial charge in [0.05, 0.1) is 11.7 Å². The van der Waals surface area contributed by atoms with E-state index in [2.05, 4.69) is 13.8 Å². The molecule has 5 aliphatic rings. The van der Waals surface area contributed by atoms with Crippen molar-refractivity contribution in [1.82, 2.24) is 0 Å². The van der Waals surface area contributed by atoms with Crippen LogP contribution >= 0.6 is 0 Å². The molecule has 0 saturated heterocycles. The summed E-state index contributed by atoms with van der Waals surface area (Å²) in [6, 6.07) is 0. The molecule has 0 aromatic rings. The maximum absolute atomic E-state index is 13.1. The number of carbonyl (C=O) groups excluding carboxylic acids is 2. The predicted octanol–water partition coefficient (Wildman–Crippen LogP) is 2.70. The highest BCUT2D eigenvalue weighted by Gasteiger charge is 2.66. The average molecular weight is 328 g/mol. The maximum Gasteiger partial charge on any atom is 0.334 e. The Hall–Kier alpha value is -1.42. The van der Waals surface area contributed by atoms with Crippen LogP contribution in [0.15, 0.2) is 22.3 Å². The van der Waals surface area contributed by atoms with E-state index in [9.17, 15) is 14.7 Å². The van der Waals surface area contributed by atoms with Gasteiger partial charge in [-0.05, 0) is 55.3 Å². The third-order valence-electron chi connectivity index (χ3n) is 8.00. The molecule has 0 aromatic carbocycles. The maximum atomic E-state index is 13.1. The van der Waals surface area contributed by atoms with E-state index in [-0.39, 0.29) is 17.2 Å². The molecule has 0 amide bonds. The number of ketones is 1. The molecule has 4 heteroatoms. The smallest absolute Gasteiger partial charge is 0.334 e. The highest BCUT2D eigenvalue weighted by Crippen LogP contribution is 2.73. The van der Waals surface area contributed by atoms with Crippen LogP contribution < -0.4 is 0 Å². The zero-order valence-electron chi connectivity index (χ0n) is 14.5. The van der Waals surface area contributed by atoms with E-state index >= 15 is 0 Å². The SMILES string of the molecule is CC1=C2C(=O)C3=C(C[C@H]2OC1=O)[C@]1(C)CC[C@@H]2C[C@]2(C)[C@H]1C[C@@H]3O. The van der Waals surface area contributed by atoms with Crippen LogP contribution in [0.3, 0.4) is 0 Å². The molecule has 0 unspecified atom stereocenters. The second-order valence-electron chi connectivity index (χ2n) is 9.03. The Kier molecular flexibility index (Phi) is 2.61. The first-order valence-electron chi connectivity index (χ1n) is 9.15. The number of rotatable bonds is 0. The average Bonchev–Trinajstić information content (AvgIpc) is 3.12. The van der Waals surface area contributed by atoms with Gasteiger partial charge >= 0.3 is 5.97 Å². The van der Waals surface area contributed by atoms with Gasteiger partial charge in [-0.1, -0.05) is 19.4 Å². The van der Waals surface area contributed by atoms with Gasteiger partial charge in [-0.15, -0.1) is 0 Å². The summed E-state index contributed by atoms with van der Waals surface area (Å²) in [6.07, 6.45) is 3.67. The number of esters is 1. The summed E-state index contributed by atoms with van der Waals surface area (Å²) in [4.78, 5) is 25.0. The van der Waals surface area contributed by atoms with Crippen molar-refractivity contribution in [2.45, 2.75) is 65.1 Å². The molecular formula is C20H24O4. The number of Topliss-reactive ketones (excluding diaryl/α,β-unsaturated/α-hetero) is 1. The summed E-state index contributed by atoms with van der Waals surface area (Å²) in [5.41, 5.74) is 2.86. The lowest BCUT2D eigenvalue weighted by molar-refractivity contribution is -0.140.